The molecule has 0 aliphatic carbocycles. The Morgan fingerprint density at radius 3 is 2.39 bits per heavy atom. The first-order valence-corrected chi connectivity index (χ1v) is 5.83. The van der Waals surface area contributed by atoms with Gasteiger partial charge in [0.1, 0.15) is 11.6 Å². The SMILES string of the molecule is Cc1ccc(C(N)c2ccc(Cl)cc2F)cc1F. The van der Waals surface area contributed by atoms with Crippen LogP contribution in [0.5, 0.6) is 0 Å². The van der Waals surface area contributed by atoms with Crippen molar-refractivity contribution >= 4 is 11.6 Å². The number of benzene rings is 2. The van der Waals surface area contributed by atoms with Crippen LogP contribution < -0.4 is 5.73 Å². The average Bonchev–Trinajstić information content (AvgIpc) is 2.32. The Morgan fingerprint density at radius 1 is 1.06 bits per heavy atom. The lowest BCUT2D eigenvalue weighted by Gasteiger charge is -2.14. The molecular formula is C14H12ClF2N. The van der Waals surface area contributed by atoms with Crippen molar-refractivity contribution in [1.82, 2.24) is 0 Å². The van der Waals surface area contributed by atoms with E-state index in [1.165, 1.54) is 18.2 Å². The zero-order chi connectivity index (χ0) is 13.3. The second kappa shape index (κ2) is 5.04. The Hall–Kier alpha value is -1.45. The van der Waals surface area contributed by atoms with Crippen molar-refractivity contribution in [3.63, 3.8) is 0 Å². The minimum absolute atomic E-state index is 0.294. The van der Waals surface area contributed by atoms with Crippen molar-refractivity contribution < 1.29 is 8.78 Å². The minimum Gasteiger partial charge on any atom is -0.320 e. The molecule has 1 unspecified atom stereocenters. The van der Waals surface area contributed by atoms with Crippen LogP contribution in [0.3, 0.4) is 0 Å². The second-order valence-corrected chi connectivity index (χ2v) is 4.59. The van der Waals surface area contributed by atoms with Crippen molar-refractivity contribution in [3.05, 3.63) is 69.7 Å². The number of aryl methyl sites for hydroxylation is 1. The van der Waals surface area contributed by atoms with Crippen molar-refractivity contribution in [2.24, 2.45) is 5.73 Å². The van der Waals surface area contributed by atoms with Gasteiger partial charge in [-0.2, -0.15) is 0 Å². The smallest absolute Gasteiger partial charge is 0.129 e. The summed E-state index contributed by atoms with van der Waals surface area (Å²) in [5.41, 5.74) is 7.29. The van der Waals surface area contributed by atoms with Crippen molar-refractivity contribution in [1.29, 1.82) is 0 Å². The Morgan fingerprint density at radius 2 is 1.78 bits per heavy atom. The Labute approximate surface area is 109 Å². The summed E-state index contributed by atoms with van der Waals surface area (Å²) in [6.45, 7) is 1.66. The summed E-state index contributed by atoms with van der Waals surface area (Å²) in [4.78, 5) is 0. The third-order valence-corrected chi connectivity index (χ3v) is 3.09. The number of nitrogens with two attached hydrogens (primary N) is 1. The Balaban J connectivity index is 2.41. The topological polar surface area (TPSA) is 26.0 Å². The first-order chi connectivity index (χ1) is 8.49. The maximum Gasteiger partial charge on any atom is 0.129 e. The maximum atomic E-state index is 13.7. The summed E-state index contributed by atoms with van der Waals surface area (Å²) in [5.74, 6) is -0.840. The van der Waals surface area contributed by atoms with Gasteiger partial charge in [-0.1, -0.05) is 29.8 Å². The van der Waals surface area contributed by atoms with E-state index in [1.54, 1.807) is 25.1 Å². The molecule has 0 amide bonds. The highest BCUT2D eigenvalue weighted by Crippen LogP contribution is 2.25. The number of hydrogen-bond donors (Lipinski definition) is 1. The highest BCUT2D eigenvalue weighted by atomic mass is 35.5. The summed E-state index contributed by atoms with van der Waals surface area (Å²) < 4.78 is 27.2. The lowest BCUT2D eigenvalue weighted by Crippen LogP contribution is -2.14. The number of hydrogen-bond acceptors (Lipinski definition) is 1. The van der Waals surface area contributed by atoms with Crippen LogP contribution in [0.1, 0.15) is 22.7 Å². The molecule has 2 rings (SSSR count). The summed E-state index contributed by atoms with van der Waals surface area (Å²) in [7, 11) is 0. The van der Waals surface area contributed by atoms with Crippen LogP contribution >= 0.6 is 11.6 Å². The molecular weight excluding hydrogens is 256 g/mol. The normalized spacial score (nSPS) is 12.5. The molecule has 0 heterocycles. The van der Waals surface area contributed by atoms with Gasteiger partial charge in [-0.05, 0) is 36.2 Å². The van der Waals surface area contributed by atoms with Gasteiger partial charge in [-0.3, -0.25) is 0 Å². The molecule has 2 N–H and O–H groups in total. The standard InChI is InChI=1S/C14H12ClF2N/c1-8-2-3-9(6-12(8)16)14(18)11-5-4-10(15)7-13(11)17/h2-7,14H,18H2,1H3. The predicted octanol–water partition coefficient (Wildman–Crippen LogP) is 3.97. The van der Waals surface area contributed by atoms with Crippen molar-refractivity contribution in [3.8, 4) is 0 Å². The van der Waals surface area contributed by atoms with E-state index in [0.29, 0.717) is 21.7 Å². The van der Waals surface area contributed by atoms with Gasteiger partial charge in [-0.15, -0.1) is 0 Å². The third-order valence-electron chi connectivity index (χ3n) is 2.85. The lowest BCUT2D eigenvalue weighted by atomic mass is 9.98. The molecule has 0 aromatic heterocycles. The van der Waals surface area contributed by atoms with Gasteiger partial charge in [0.2, 0.25) is 0 Å². The summed E-state index contributed by atoms with van der Waals surface area (Å²) in [6, 6.07) is 8.20. The molecule has 0 aliphatic heterocycles. The molecule has 0 saturated heterocycles. The average molecular weight is 268 g/mol. The largest absolute Gasteiger partial charge is 0.320 e. The molecule has 4 heteroatoms. The van der Waals surface area contributed by atoms with Crippen LogP contribution in [0.4, 0.5) is 8.78 Å². The van der Waals surface area contributed by atoms with Crippen molar-refractivity contribution in [2.75, 3.05) is 0 Å². The van der Waals surface area contributed by atoms with E-state index in [4.69, 9.17) is 17.3 Å². The molecule has 0 fully saturated rings. The van der Waals surface area contributed by atoms with E-state index in [9.17, 15) is 8.78 Å². The van der Waals surface area contributed by atoms with E-state index < -0.39 is 11.9 Å². The van der Waals surface area contributed by atoms with Crippen LogP contribution in [0, 0.1) is 18.6 Å². The van der Waals surface area contributed by atoms with Gasteiger partial charge >= 0.3 is 0 Å². The monoisotopic (exact) mass is 267 g/mol. The van der Waals surface area contributed by atoms with Crippen LogP contribution in [0.2, 0.25) is 5.02 Å². The van der Waals surface area contributed by atoms with Gasteiger partial charge in [0.05, 0.1) is 6.04 Å². The first kappa shape index (κ1) is 13.0. The fourth-order valence-corrected chi connectivity index (χ4v) is 1.89. The van der Waals surface area contributed by atoms with Crippen LogP contribution in [-0.2, 0) is 0 Å². The molecule has 2 aromatic carbocycles. The lowest BCUT2D eigenvalue weighted by molar-refractivity contribution is 0.594. The molecule has 0 bridgehead atoms. The van der Waals surface area contributed by atoms with Crippen molar-refractivity contribution in [2.45, 2.75) is 13.0 Å². The summed E-state index contributed by atoms with van der Waals surface area (Å²) in [6.07, 6.45) is 0. The molecule has 94 valence electrons. The van der Waals surface area contributed by atoms with Gasteiger partial charge in [0.15, 0.2) is 0 Å². The zero-order valence-electron chi connectivity index (χ0n) is 9.75. The van der Waals surface area contributed by atoms with E-state index >= 15 is 0 Å². The highest BCUT2D eigenvalue weighted by molar-refractivity contribution is 6.30. The van der Waals surface area contributed by atoms with E-state index in [1.807, 2.05) is 0 Å². The fraction of sp³-hybridized carbons (Fsp3) is 0.143. The van der Waals surface area contributed by atoms with Crippen LogP contribution in [-0.4, -0.2) is 0 Å². The van der Waals surface area contributed by atoms with E-state index in [2.05, 4.69) is 0 Å². The van der Waals surface area contributed by atoms with Gasteiger partial charge in [-0.25, -0.2) is 8.78 Å². The zero-order valence-corrected chi connectivity index (χ0v) is 10.5. The van der Waals surface area contributed by atoms with Crippen LogP contribution in [0.15, 0.2) is 36.4 Å². The fourth-order valence-electron chi connectivity index (χ4n) is 1.74. The first-order valence-electron chi connectivity index (χ1n) is 5.45. The second-order valence-electron chi connectivity index (χ2n) is 4.15. The van der Waals surface area contributed by atoms with Crippen LogP contribution in [0.25, 0.3) is 0 Å². The summed E-state index contributed by atoms with van der Waals surface area (Å²) in [5, 5.41) is 0.304. The highest BCUT2D eigenvalue weighted by Gasteiger charge is 2.15. The Kier molecular flexibility index (Phi) is 3.64. The quantitative estimate of drug-likeness (QED) is 0.875. The van der Waals surface area contributed by atoms with Gasteiger partial charge in [0.25, 0.3) is 0 Å². The molecule has 0 spiro atoms. The van der Waals surface area contributed by atoms with Gasteiger partial charge < -0.3 is 5.73 Å². The Bertz CT molecular complexity index is 584. The number of halogens is 3. The molecule has 18 heavy (non-hydrogen) atoms. The molecule has 2 aromatic rings. The minimum atomic E-state index is -0.711. The molecule has 0 aliphatic rings. The molecule has 0 radical (unpaired) electrons. The predicted molar refractivity (Wildman–Crippen MR) is 68.6 cm³/mol. The van der Waals surface area contributed by atoms with Gasteiger partial charge in [0, 0.05) is 10.6 Å². The molecule has 1 nitrogen and oxygen atoms in total. The third kappa shape index (κ3) is 2.52. The van der Waals surface area contributed by atoms with E-state index in [0.717, 1.165) is 0 Å². The molecule has 1 atom stereocenters. The maximum absolute atomic E-state index is 13.7. The summed E-state index contributed by atoms with van der Waals surface area (Å²) >= 11 is 5.67. The number of rotatable bonds is 2. The van der Waals surface area contributed by atoms with E-state index in [-0.39, 0.29) is 5.82 Å². The molecule has 0 saturated carbocycles.